The molecular weight excluding hydrogens is 218 g/mol. The fourth-order valence-corrected chi connectivity index (χ4v) is 3.81. The van der Waals surface area contributed by atoms with Gasteiger partial charge in [-0.2, -0.15) is 11.8 Å². The summed E-state index contributed by atoms with van der Waals surface area (Å²) in [5, 5.41) is 0. The molecule has 0 aromatic carbocycles. The zero-order chi connectivity index (χ0) is 11.6. The van der Waals surface area contributed by atoms with E-state index in [1.807, 2.05) is 0 Å². The molecule has 1 aliphatic heterocycles. The average Bonchev–Trinajstić information content (AvgIpc) is 2.40. The van der Waals surface area contributed by atoms with E-state index in [0.29, 0.717) is 10.5 Å². The molecular formula is C13H23NOS. The molecule has 2 rings (SSSR count). The molecule has 0 radical (unpaired) electrons. The second kappa shape index (κ2) is 5.09. The third-order valence-electron chi connectivity index (χ3n) is 3.84. The zero-order valence-electron chi connectivity index (χ0n) is 10.5. The smallest absolute Gasteiger partial charge is 0.149 e. The van der Waals surface area contributed by atoms with Crippen molar-refractivity contribution < 1.29 is 4.79 Å². The lowest BCUT2D eigenvalue weighted by Crippen LogP contribution is -2.44. The molecule has 1 heterocycles. The summed E-state index contributed by atoms with van der Waals surface area (Å²) in [7, 11) is 0. The highest BCUT2D eigenvalue weighted by Gasteiger charge is 2.31. The summed E-state index contributed by atoms with van der Waals surface area (Å²) >= 11 is 2.06. The monoisotopic (exact) mass is 241 g/mol. The van der Waals surface area contributed by atoms with Crippen LogP contribution in [0, 0.1) is 0 Å². The van der Waals surface area contributed by atoms with Crippen molar-refractivity contribution >= 4 is 17.5 Å². The van der Waals surface area contributed by atoms with E-state index in [1.165, 1.54) is 18.6 Å². The number of ketones is 1. The van der Waals surface area contributed by atoms with Crippen LogP contribution in [0.25, 0.3) is 0 Å². The number of carbonyl (C=O) groups is 1. The zero-order valence-corrected chi connectivity index (χ0v) is 11.3. The highest BCUT2D eigenvalue weighted by atomic mass is 32.2. The van der Waals surface area contributed by atoms with Gasteiger partial charge in [-0.1, -0.05) is 20.3 Å². The van der Waals surface area contributed by atoms with Gasteiger partial charge >= 0.3 is 0 Å². The highest BCUT2D eigenvalue weighted by Crippen LogP contribution is 2.32. The van der Waals surface area contributed by atoms with E-state index in [9.17, 15) is 4.79 Å². The van der Waals surface area contributed by atoms with E-state index in [2.05, 4.69) is 30.5 Å². The fourth-order valence-electron chi connectivity index (χ4n) is 2.70. The molecule has 1 unspecified atom stereocenters. The van der Waals surface area contributed by atoms with Crippen molar-refractivity contribution in [1.29, 1.82) is 0 Å². The lowest BCUT2D eigenvalue weighted by molar-refractivity contribution is -0.126. The van der Waals surface area contributed by atoms with Gasteiger partial charge in [-0.25, -0.2) is 0 Å². The molecule has 2 aliphatic rings. The molecule has 2 fully saturated rings. The van der Waals surface area contributed by atoms with Crippen molar-refractivity contribution in [3.63, 3.8) is 0 Å². The molecule has 0 bridgehead atoms. The summed E-state index contributed by atoms with van der Waals surface area (Å²) in [6, 6.07) is 0.253. The van der Waals surface area contributed by atoms with Gasteiger partial charge in [0, 0.05) is 30.0 Å². The van der Waals surface area contributed by atoms with Crippen molar-refractivity contribution in [2.24, 2.45) is 0 Å². The Labute approximate surface area is 103 Å². The Balaban J connectivity index is 1.96. The molecule has 1 aliphatic carbocycles. The Hall–Kier alpha value is -0.0200. The first-order valence-corrected chi connectivity index (χ1v) is 7.48. The van der Waals surface area contributed by atoms with E-state index in [0.717, 1.165) is 32.4 Å². The summed E-state index contributed by atoms with van der Waals surface area (Å²) in [4.78, 5) is 14.4. The number of thioether (sulfide) groups is 1. The predicted molar refractivity (Wildman–Crippen MR) is 70.0 cm³/mol. The van der Waals surface area contributed by atoms with E-state index >= 15 is 0 Å². The van der Waals surface area contributed by atoms with Crippen molar-refractivity contribution in [3.05, 3.63) is 0 Å². The first-order chi connectivity index (χ1) is 7.58. The Morgan fingerprint density at radius 2 is 2.12 bits per heavy atom. The number of hydrogen-bond donors (Lipinski definition) is 0. The van der Waals surface area contributed by atoms with Crippen molar-refractivity contribution in [2.75, 3.05) is 18.8 Å². The van der Waals surface area contributed by atoms with Crippen molar-refractivity contribution in [2.45, 2.75) is 56.7 Å². The summed E-state index contributed by atoms with van der Waals surface area (Å²) in [5.41, 5.74) is 0. The molecule has 0 amide bonds. The van der Waals surface area contributed by atoms with Crippen molar-refractivity contribution in [3.8, 4) is 0 Å². The predicted octanol–water partition coefficient (Wildman–Crippen LogP) is 2.72. The first kappa shape index (κ1) is 12.4. The normalized spacial score (nSPS) is 32.4. The van der Waals surface area contributed by atoms with Crippen LogP contribution in [-0.2, 0) is 4.79 Å². The molecule has 16 heavy (non-hydrogen) atoms. The fraction of sp³-hybridized carbons (Fsp3) is 0.923. The van der Waals surface area contributed by atoms with E-state index in [4.69, 9.17) is 0 Å². The minimum absolute atomic E-state index is 0.253. The van der Waals surface area contributed by atoms with Gasteiger partial charge in [0.1, 0.15) is 5.78 Å². The molecule has 92 valence electrons. The number of Topliss-reactive ketones (excluding diaryl/α,β-unsaturated/α-hetero) is 1. The molecule has 0 aromatic heterocycles. The lowest BCUT2D eigenvalue weighted by Gasteiger charge is -2.32. The third kappa shape index (κ3) is 3.01. The topological polar surface area (TPSA) is 20.3 Å². The van der Waals surface area contributed by atoms with E-state index < -0.39 is 0 Å². The lowest BCUT2D eigenvalue weighted by atomic mass is 9.92. The summed E-state index contributed by atoms with van der Waals surface area (Å²) in [5.74, 6) is 1.67. The number of hydrogen-bond acceptors (Lipinski definition) is 3. The number of carbonyl (C=O) groups excluding carboxylic acids is 1. The van der Waals surface area contributed by atoms with E-state index in [-0.39, 0.29) is 6.04 Å². The molecule has 1 saturated carbocycles. The van der Waals surface area contributed by atoms with Crippen LogP contribution in [0.2, 0.25) is 0 Å². The summed E-state index contributed by atoms with van der Waals surface area (Å²) in [6.45, 7) is 6.86. The molecule has 1 saturated heterocycles. The van der Waals surface area contributed by atoms with Crippen LogP contribution in [-0.4, -0.2) is 40.3 Å². The van der Waals surface area contributed by atoms with Crippen LogP contribution < -0.4 is 0 Å². The van der Waals surface area contributed by atoms with Crippen LogP contribution in [0.4, 0.5) is 0 Å². The molecule has 0 spiro atoms. The second-order valence-electron chi connectivity index (χ2n) is 5.62. The van der Waals surface area contributed by atoms with Crippen molar-refractivity contribution in [1.82, 2.24) is 4.90 Å². The maximum atomic E-state index is 11.9. The van der Waals surface area contributed by atoms with Crippen LogP contribution >= 0.6 is 11.8 Å². The number of rotatable bonds is 1. The summed E-state index contributed by atoms with van der Waals surface area (Å²) in [6.07, 6.45) is 5.48. The maximum Gasteiger partial charge on any atom is 0.149 e. The van der Waals surface area contributed by atoms with Gasteiger partial charge < -0.3 is 0 Å². The van der Waals surface area contributed by atoms with Crippen LogP contribution in [0.15, 0.2) is 0 Å². The largest absolute Gasteiger partial charge is 0.298 e. The summed E-state index contributed by atoms with van der Waals surface area (Å²) < 4.78 is 0.395. The van der Waals surface area contributed by atoms with Gasteiger partial charge in [-0.05, 0) is 19.3 Å². The van der Waals surface area contributed by atoms with Crippen LogP contribution in [0.3, 0.4) is 0 Å². The standard InChI is InChI=1S/C13H23NOS/c1-13(2)7-8-14(9-10-16-13)11-5-3-4-6-12(11)15/h11H,3-10H2,1-2H3. The Bertz CT molecular complexity index is 265. The van der Waals surface area contributed by atoms with Gasteiger partial charge in [0.2, 0.25) is 0 Å². The SMILES string of the molecule is CC1(C)CCN(C2CCCCC2=O)CCS1. The van der Waals surface area contributed by atoms with Gasteiger partial charge in [0.15, 0.2) is 0 Å². The molecule has 0 aromatic rings. The minimum Gasteiger partial charge on any atom is -0.298 e. The molecule has 0 N–H and O–H groups in total. The minimum atomic E-state index is 0.253. The van der Waals surface area contributed by atoms with Gasteiger partial charge in [-0.3, -0.25) is 9.69 Å². The van der Waals surface area contributed by atoms with Gasteiger partial charge in [0.05, 0.1) is 6.04 Å². The first-order valence-electron chi connectivity index (χ1n) is 6.49. The van der Waals surface area contributed by atoms with Gasteiger partial charge in [-0.15, -0.1) is 0 Å². The average molecular weight is 241 g/mol. The third-order valence-corrected chi connectivity index (χ3v) is 5.21. The number of nitrogens with zero attached hydrogens (tertiary/aromatic N) is 1. The quantitative estimate of drug-likeness (QED) is 0.704. The maximum absolute atomic E-state index is 11.9. The van der Waals surface area contributed by atoms with E-state index in [1.54, 1.807) is 0 Å². The Morgan fingerprint density at radius 1 is 1.31 bits per heavy atom. The Morgan fingerprint density at radius 3 is 2.88 bits per heavy atom. The second-order valence-corrected chi connectivity index (χ2v) is 7.42. The van der Waals surface area contributed by atoms with Crippen LogP contribution in [0.5, 0.6) is 0 Å². The molecule has 2 nitrogen and oxygen atoms in total. The van der Waals surface area contributed by atoms with Gasteiger partial charge in [0.25, 0.3) is 0 Å². The highest BCUT2D eigenvalue weighted by molar-refractivity contribution is 8.00. The Kier molecular flexibility index (Phi) is 3.96. The molecule has 1 atom stereocenters. The molecule has 3 heteroatoms. The van der Waals surface area contributed by atoms with Crippen LogP contribution in [0.1, 0.15) is 46.0 Å².